The Labute approximate surface area is 127 Å². The molecule has 0 saturated heterocycles. The van der Waals surface area contributed by atoms with Crippen molar-refractivity contribution in [2.75, 3.05) is 6.61 Å². The van der Waals surface area contributed by atoms with Crippen LogP contribution in [-0.4, -0.2) is 22.8 Å². The quantitative estimate of drug-likeness (QED) is 0.350. The van der Waals surface area contributed by atoms with Crippen molar-refractivity contribution in [3.8, 4) is 0 Å². The number of esters is 1. The monoisotopic (exact) mass is 320 g/mol. The van der Waals surface area contributed by atoms with Crippen LogP contribution in [0.2, 0.25) is 0 Å². The van der Waals surface area contributed by atoms with E-state index in [4.69, 9.17) is 9.99 Å². The van der Waals surface area contributed by atoms with E-state index in [9.17, 15) is 9.18 Å². The summed E-state index contributed by atoms with van der Waals surface area (Å²) in [7, 11) is 0. The van der Waals surface area contributed by atoms with E-state index in [1.807, 2.05) is 0 Å². The van der Waals surface area contributed by atoms with Crippen molar-refractivity contribution in [1.29, 1.82) is 0 Å². The predicted molar refractivity (Wildman–Crippen MR) is 73.5 cm³/mol. The van der Waals surface area contributed by atoms with Gasteiger partial charge in [-0.15, -0.1) is 4.33 Å². The molecule has 4 rings (SSSR count). The van der Waals surface area contributed by atoms with Crippen molar-refractivity contribution >= 4 is 18.0 Å². The Morgan fingerprint density at radius 2 is 1.81 bits per heavy atom. The first kappa shape index (κ1) is 15.5. The number of halogens is 1. The van der Waals surface area contributed by atoms with Crippen molar-refractivity contribution in [2.24, 2.45) is 23.2 Å². The van der Waals surface area contributed by atoms with Crippen LogP contribution in [0.5, 0.6) is 0 Å². The Bertz CT molecular complexity index is 379. The van der Waals surface area contributed by atoms with Crippen molar-refractivity contribution in [3.05, 3.63) is 0 Å². The maximum atomic E-state index is 14.0. The molecule has 1 atom stereocenters. The molecule has 1 unspecified atom stereocenters. The SMILES string of the molecule is CC(F)(SOOO)C(=O)OCC12CC3CC(CC(C3)C1)C2. The summed E-state index contributed by atoms with van der Waals surface area (Å²) in [4.78, 5) is 11.8. The smallest absolute Gasteiger partial charge is 0.356 e. The van der Waals surface area contributed by atoms with Gasteiger partial charge in [0.2, 0.25) is 0 Å². The summed E-state index contributed by atoms with van der Waals surface area (Å²) in [5, 5.41) is 8.96. The standard InChI is InChI=1S/C14H21FO5S/c1-13(15,21-20-19-17)12(16)18-8-14-5-9-2-10(6-14)4-11(3-9)7-14/h9-11,17H,2-8H2,1H3. The lowest BCUT2D eigenvalue weighted by molar-refractivity contribution is -0.432. The highest BCUT2D eigenvalue weighted by atomic mass is 32.2. The number of alkyl halides is 1. The van der Waals surface area contributed by atoms with Crippen LogP contribution in [0.4, 0.5) is 4.39 Å². The topological polar surface area (TPSA) is 65.0 Å². The van der Waals surface area contributed by atoms with Crippen molar-refractivity contribution in [2.45, 2.75) is 50.4 Å². The third-order valence-electron chi connectivity index (χ3n) is 5.26. The van der Waals surface area contributed by atoms with Crippen molar-refractivity contribution < 1.29 is 28.6 Å². The molecule has 0 radical (unpaired) electrons. The molecule has 21 heavy (non-hydrogen) atoms. The van der Waals surface area contributed by atoms with Crippen LogP contribution in [0.25, 0.3) is 0 Å². The molecule has 0 aromatic rings. The molecule has 120 valence electrons. The predicted octanol–water partition coefficient (Wildman–Crippen LogP) is 3.50. The van der Waals surface area contributed by atoms with E-state index in [1.165, 1.54) is 19.3 Å². The van der Waals surface area contributed by atoms with E-state index in [-0.39, 0.29) is 24.1 Å². The second-order valence-electron chi connectivity index (χ2n) is 7.14. The number of carbonyl (C=O) groups is 1. The second-order valence-corrected chi connectivity index (χ2v) is 8.21. The summed E-state index contributed by atoms with van der Waals surface area (Å²) in [5.41, 5.74) is 0.0551. The minimum absolute atomic E-state index is 0.0551. The third kappa shape index (κ3) is 3.21. The first-order valence-corrected chi connectivity index (χ1v) is 8.19. The summed E-state index contributed by atoms with van der Waals surface area (Å²) in [6.07, 6.45) is 7.22. The van der Waals surface area contributed by atoms with Gasteiger partial charge >= 0.3 is 5.97 Å². The fourth-order valence-electron chi connectivity index (χ4n) is 4.93. The molecule has 0 aromatic carbocycles. The zero-order chi connectivity index (χ0) is 15.1. The fraction of sp³-hybridized carbons (Fsp3) is 0.929. The van der Waals surface area contributed by atoms with Crippen LogP contribution in [0, 0.1) is 23.2 Å². The van der Waals surface area contributed by atoms with Crippen LogP contribution >= 0.6 is 12.0 Å². The molecule has 1 N–H and O–H groups in total. The van der Waals surface area contributed by atoms with Gasteiger partial charge in [0.05, 0.1) is 18.6 Å². The van der Waals surface area contributed by atoms with Gasteiger partial charge in [0.1, 0.15) is 0 Å². The number of hydrogen-bond donors (Lipinski definition) is 1. The molecule has 4 fully saturated rings. The van der Waals surface area contributed by atoms with Gasteiger partial charge in [-0.1, -0.05) is 5.04 Å². The maximum Gasteiger partial charge on any atom is 0.356 e. The van der Waals surface area contributed by atoms with E-state index in [2.05, 4.69) is 9.37 Å². The number of carbonyl (C=O) groups excluding carboxylic acids is 1. The van der Waals surface area contributed by atoms with E-state index in [0.717, 1.165) is 43.9 Å². The van der Waals surface area contributed by atoms with Crippen LogP contribution < -0.4 is 0 Å². The summed E-state index contributed by atoms with van der Waals surface area (Å²) in [5.74, 6) is 1.28. The Morgan fingerprint density at radius 1 is 1.29 bits per heavy atom. The number of hydrogen-bond acceptors (Lipinski definition) is 6. The highest BCUT2D eigenvalue weighted by Gasteiger charge is 2.52. The van der Waals surface area contributed by atoms with Crippen molar-refractivity contribution in [3.63, 3.8) is 0 Å². The Kier molecular flexibility index (Phi) is 4.20. The van der Waals surface area contributed by atoms with Gasteiger partial charge in [-0.2, -0.15) is 0 Å². The molecular weight excluding hydrogens is 299 g/mol. The molecule has 4 saturated carbocycles. The van der Waals surface area contributed by atoms with Gasteiger partial charge < -0.3 is 4.74 Å². The van der Waals surface area contributed by atoms with Crippen LogP contribution in [-0.2, 0) is 18.9 Å². The average Bonchev–Trinajstić information content (AvgIpc) is 2.41. The van der Waals surface area contributed by atoms with Gasteiger partial charge in [0.25, 0.3) is 5.00 Å². The van der Waals surface area contributed by atoms with Gasteiger partial charge in [0, 0.05) is 5.41 Å². The van der Waals surface area contributed by atoms with Gasteiger partial charge in [-0.25, -0.2) is 14.4 Å². The normalized spacial score (nSPS) is 40.0. The summed E-state index contributed by atoms with van der Waals surface area (Å²) < 4.78 is 23.3. The molecule has 4 aliphatic carbocycles. The minimum Gasteiger partial charge on any atom is -0.462 e. The van der Waals surface area contributed by atoms with Crippen LogP contribution in [0.15, 0.2) is 0 Å². The molecule has 0 heterocycles. The zero-order valence-corrected chi connectivity index (χ0v) is 12.9. The average molecular weight is 320 g/mol. The zero-order valence-electron chi connectivity index (χ0n) is 12.0. The molecule has 0 spiro atoms. The molecule has 4 bridgehead atoms. The van der Waals surface area contributed by atoms with Gasteiger partial charge in [-0.3, -0.25) is 0 Å². The lowest BCUT2D eigenvalue weighted by Gasteiger charge is -2.56. The third-order valence-corrected chi connectivity index (χ3v) is 5.87. The Balaban J connectivity index is 1.56. The molecule has 0 aliphatic heterocycles. The highest BCUT2D eigenvalue weighted by Crippen LogP contribution is 2.60. The van der Waals surface area contributed by atoms with Crippen molar-refractivity contribution in [1.82, 2.24) is 0 Å². The first-order valence-electron chi connectivity index (χ1n) is 7.44. The fourth-order valence-corrected chi connectivity index (χ4v) is 5.21. The molecule has 7 heteroatoms. The molecule has 4 aliphatic rings. The molecular formula is C14H21FO5S. The first-order chi connectivity index (χ1) is 9.92. The Morgan fingerprint density at radius 3 is 2.29 bits per heavy atom. The summed E-state index contributed by atoms with van der Waals surface area (Å²) in [6, 6.07) is 0. The summed E-state index contributed by atoms with van der Waals surface area (Å²) in [6.45, 7) is 1.31. The summed E-state index contributed by atoms with van der Waals surface area (Å²) >= 11 is 0.0904. The van der Waals surface area contributed by atoms with E-state index >= 15 is 0 Å². The van der Waals surface area contributed by atoms with Gasteiger partial charge in [-0.05, 0) is 63.2 Å². The van der Waals surface area contributed by atoms with Gasteiger partial charge in [0.15, 0.2) is 0 Å². The number of ether oxygens (including phenoxy) is 1. The highest BCUT2D eigenvalue weighted by molar-refractivity contribution is 7.96. The van der Waals surface area contributed by atoms with Crippen LogP contribution in [0.3, 0.4) is 0 Å². The largest absolute Gasteiger partial charge is 0.462 e. The second kappa shape index (κ2) is 5.68. The Hall–Kier alpha value is -0.370. The lowest BCUT2D eigenvalue weighted by atomic mass is 9.50. The lowest BCUT2D eigenvalue weighted by Crippen LogP contribution is -2.49. The molecule has 0 aromatic heterocycles. The molecule has 5 nitrogen and oxygen atoms in total. The van der Waals surface area contributed by atoms with Crippen LogP contribution in [0.1, 0.15) is 45.4 Å². The van der Waals surface area contributed by atoms with E-state index < -0.39 is 11.0 Å². The molecule has 0 amide bonds. The minimum atomic E-state index is -2.40. The van der Waals surface area contributed by atoms with E-state index in [1.54, 1.807) is 0 Å². The number of rotatable bonds is 6. The maximum absolute atomic E-state index is 14.0. The van der Waals surface area contributed by atoms with E-state index in [0.29, 0.717) is 0 Å².